The highest BCUT2D eigenvalue weighted by atomic mass is 35.5. The highest BCUT2D eigenvalue weighted by Gasteiger charge is 2.20. The van der Waals surface area contributed by atoms with Crippen LogP contribution in [0.4, 0.5) is 5.69 Å². The van der Waals surface area contributed by atoms with Crippen LogP contribution in [0.3, 0.4) is 0 Å². The minimum Gasteiger partial charge on any atom is -0.478 e. The fraction of sp³-hybridized carbons (Fsp3) is 0. The average molecular weight is 273 g/mol. The van der Waals surface area contributed by atoms with Crippen LogP contribution >= 0.6 is 35.6 Å². The molecule has 0 amide bonds. The van der Waals surface area contributed by atoms with Gasteiger partial charge in [-0.2, -0.15) is 0 Å². The highest BCUT2D eigenvalue weighted by molar-refractivity contribution is 6.35. The van der Waals surface area contributed by atoms with E-state index in [4.69, 9.17) is 28.3 Å². The van der Waals surface area contributed by atoms with Gasteiger partial charge in [-0.1, -0.05) is 23.2 Å². The Labute approximate surface area is 99.4 Å². The molecule has 0 spiro atoms. The molecule has 15 heavy (non-hydrogen) atoms. The molecule has 82 valence electrons. The Morgan fingerprint density at radius 2 is 2.00 bits per heavy atom. The summed E-state index contributed by atoms with van der Waals surface area (Å²) in [5, 5.41) is 18.1. The number of rotatable bonds is 2. The average Bonchev–Trinajstić information content (AvgIpc) is 2.02. The first-order chi connectivity index (χ1) is 6.43. The van der Waals surface area contributed by atoms with Crippen molar-refractivity contribution in [1.29, 1.82) is 0 Å². The van der Waals surface area contributed by atoms with E-state index in [2.05, 4.69) is 4.98 Å². The number of nitrogens with zero attached hydrogens (tertiary/aromatic N) is 2. The maximum atomic E-state index is 10.5. The molecule has 0 bridgehead atoms. The molecule has 0 unspecified atom stereocenters. The summed E-state index contributed by atoms with van der Waals surface area (Å²) < 4.78 is 0. The SMILES string of the molecule is Cl.O=C(O)c1cc([N+](=O)[O-])c(Cl)nc1Cl. The van der Waals surface area contributed by atoms with E-state index in [0.717, 1.165) is 6.07 Å². The normalized spacial score (nSPS) is 9.20. The Bertz CT molecular complexity index is 388. The molecule has 0 atom stereocenters. The standard InChI is InChI=1S/C6H2Cl2N2O4.ClH/c7-4-2(6(11)12)1-3(10(13)14)5(8)9-4;/h1H,(H,11,12);1H. The van der Waals surface area contributed by atoms with E-state index >= 15 is 0 Å². The maximum Gasteiger partial charge on any atom is 0.339 e. The van der Waals surface area contributed by atoms with Crippen LogP contribution in [-0.4, -0.2) is 21.0 Å². The summed E-state index contributed by atoms with van der Waals surface area (Å²) in [7, 11) is 0. The summed E-state index contributed by atoms with van der Waals surface area (Å²) in [5.41, 5.74) is -1.05. The third-order valence-electron chi connectivity index (χ3n) is 1.34. The number of hydrogen-bond donors (Lipinski definition) is 1. The molecule has 9 heteroatoms. The Kier molecular flexibility index (Phi) is 4.73. The van der Waals surface area contributed by atoms with Crippen molar-refractivity contribution in [2.75, 3.05) is 0 Å². The summed E-state index contributed by atoms with van der Waals surface area (Å²) in [4.78, 5) is 23.4. The lowest BCUT2D eigenvalue weighted by atomic mass is 10.3. The second-order valence-corrected chi connectivity index (χ2v) is 2.91. The summed E-state index contributed by atoms with van der Waals surface area (Å²) in [6.07, 6.45) is 0. The summed E-state index contributed by atoms with van der Waals surface area (Å²) >= 11 is 10.8. The van der Waals surface area contributed by atoms with E-state index < -0.39 is 27.3 Å². The van der Waals surface area contributed by atoms with Gasteiger partial charge in [0.1, 0.15) is 10.7 Å². The van der Waals surface area contributed by atoms with Crippen LogP contribution in [0, 0.1) is 10.1 Å². The van der Waals surface area contributed by atoms with Gasteiger partial charge in [-0.25, -0.2) is 9.78 Å². The number of nitro groups is 1. The van der Waals surface area contributed by atoms with E-state index in [9.17, 15) is 14.9 Å². The molecule has 1 rings (SSSR count). The minimum atomic E-state index is -1.40. The van der Waals surface area contributed by atoms with Gasteiger partial charge in [0, 0.05) is 6.07 Å². The molecule has 1 N–H and O–H groups in total. The second kappa shape index (κ2) is 5.11. The molecule has 0 aliphatic carbocycles. The lowest BCUT2D eigenvalue weighted by Crippen LogP contribution is -2.02. The molecule has 0 saturated heterocycles. The zero-order valence-electron chi connectivity index (χ0n) is 6.81. The molecule has 0 aliphatic heterocycles. The number of halogens is 3. The van der Waals surface area contributed by atoms with Crippen molar-refractivity contribution >= 4 is 47.3 Å². The van der Waals surface area contributed by atoms with Gasteiger partial charge in [-0.15, -0.1) is 12.4 Å². The topological polar surface area (TPSA) is 93.3 Å². The predicted molar refractivity (Wildman–Crippen MR) is 55.1 cm³/mol. The van der Waals surface area contributed by atoms with Crippen molar-refractivity contribution in [3.8, 4) is 0 Å². The number of hydrogen-bond acceptors (Lipinski definition) is 4. The molecule has 0 radical (unpaired) electrons. The van der Waals surface area contributed by atoms with Crippen molar-refractivity contribution in [2.45, 2.75) is 0 Å². The summed E-state index contributed by atoms with van der Waals surface area (Å²) in [6.45, 7) is 0. The van der Waals surface area contributed by atoms with Crippen molar-refractivity contribution in [1.82, 2.24) is 4.98 Å². The predicted octanol–water partition coefficient (Wildman–Crippen LogP) is 2.42. The third kappa shape index (κ3) is 2.92. The van der Waals surface area contributed by atoms with Crippen LogP contribution in [-0.2, 0) is 0 Å². The maximum absolute atomic E-state index is 10.5. The van der Waals surface area contributed by atoms with Crippen LogP contribution in [0.25, 0.3) is 0 Å². The molecule has 0 saturated carbocycles. The Morgan fingerprint density at radius 1 is 1.47 bits per heavy atom. The van der Waals surface area contributed by atoms with Gasteiger partial charge in [0.2, 0.25) is 5.15 Å². The number of carboxylic acid groups (broad SMARTS) is 1. The fourth-order valence-corrected chi connectivity index (χ4v) is 1.21. The zero-order valence-corrected chi connectivity index (χ0v) is 9.14. The van der Waals surface area contributed by atoms with Gasteiger partial charge in [0.25, 0.3) is 0 Å². The van der Waals surface area contributed by atoms with Crippen LogP contribution in [0.5, 0.6) is 0 Å². The molecule has 1 aromatic rings. The molecule has 0 fully saturated rings. The largest absolute Gasteiger partial charge is 0.478 e. The van der Waals surface area contributed by atoms with Crippen molar-refractivity contribution in [2.24, 2.45) is 0 Å². The van der Waals surface area contributed by atoms with Gasteiger partial charge in [0.05, 0.1) is 4.92 Å². The highest BCUT2D eigenvalue weighted by Crippen LogP contribution is 2.27. The van der Waals surface area contributed by atoms with Crippen LogP contribution in [0.1, 0.15) is 10.4 Å². The molecule has 6 nitrogen and oxygen atoms in total. The number of pyridine rings is 1. The van der Waals surface area contributed by atoms with E-state index in [0.29, 0.717) is 0 Å². The molecule has 0 aliphatic rings. The molecule has 1 heterocycles. The van der Waals surface area contributed by atoms with Gasteiger partial charge in [0.15, 0.2) is 0 Å². The third-order valence-corrected chi connectivity index (χ3v) is 1.90. The summed E-state index contributed by atoms with van der Waals surface area (Å²) in [6, 6.07) is 0.764. The molecular weight excluding hydrogens is 270 g/mol. The van der Waals surface area contributed by atoms with Crippen molar-refractivity contribution in [3.05, 3.63) is 32.1 Å². The number of aromatic carboxylic acids is 1. The minimum absolute atomic E-state index is 0. The summed E-state index contributed by atoms with van der Waals surface area (Å²) in [5.74, 6) is -1.40. The van der Waals surface area contributed by atoms with E-state index in [1.807, 2.05) is 0 Å². The quantitative estimate of drug-likeness (QED) is 0.507. The Hall–Kier alpha value is -1.11. The first-order valence-corrected chi connectivity index (χ1v) is 3.92. The van der Waals surface area contributed by atoms with Crippen LogP contribution in [0.15, 0.2) is 6.07 Å². The fourth-order valence-electron chi connectivity index (χ4n) is 0.738. The first-order valence-electron chi connectivity index (χ1n) is 3.17. The molecule has 1 aromatic heterocycles. The van der Waals surface area contributed by atoms with Gasteiger partial charge in [-0.3, -0.25) is 10.1 Å². The van der Waals surface area contributed by atoms with Gasteiger partial charge in [-0.05, 0) is 0 Å². The number of carboxylic acids is 1. The number of carbonyl (C=O) groups is 1. The second-order valence-electron chi connectivity index (χ2n) is 2.20. The zero-order chi connectivity index (χ0) is 10.9. The number of aromatic nitrogens is 1. The van der Waals surface area contributed by atoms with Crippen molar-refractivity contribution < 1.29 is 14.8 Å². The van der Waals surface area contributed by atoms with E-state index in [1.165, 1.54) is 0 Å². The van der Waals surface area contributed by atoms with Crippen LogP contribution in [0.2, 0.25) is 10.3 Å². The van der Waals surface area contributed by atoms with E-state index in [1.54, 1.807) is 0 Å². The van der Waals surface area contributed by atoms with Gasteiger partial charge >= 0.3 is 11.7 Å². The smallest absolute Gasteiger partial charge is 0.339 e. The van der Waals surface area contributed by atoms with Crippen molar-refractivity contribution in [3.63, 3.8) is 0 Å². The van der Waals surface area contributed by atoms with Crippen LogP contribution < -0.4 is 0 Å². The Morgan fingerprint density at radius 3 is 2.40 bits per heavy atom. The lowest BCUT2D eigenvalue weighted by Gasteiger charge is -1.99. The monoisotopic (exact) mass is 272 g/mol. The molecule has 0 aromatic carbocycles. The molecular formula is C6H3Cl3N2O4. The van der Waals surface area contributed by atoms with Gasteiger partial charge < -0.3 is 5.11 Å². The lowest BCUT2D eigenvalue weighted by molar-refractivity contribution is -0.385. The Balaban J connectivity index is 0.00000196. The van der Waals surface area contributed by atoms with E-state index in [-0.39, 0.29) is 17.6 Å². The first kappa shape index (κ1) is 13.9.